The zero-order chi connectivity index (χ0) is 28.9. The normalized spacial score (nSPS) is 10.8. The van der Waals surface area contributed by atoms with Crippen LogP contribution in [-0.2, 0) is 13.1 Å². The number of amides is 2. The third-order valence-corrected chi connectivity index (χ3v) is 6.00. The lowest BCUT2D eigenvalue weighted by atomic mass is 10.0. The summed E-state index contributed by atoms with van der Waals surface area (Å²) in [7, 11) is 0. The Balaban J connectivity index is 1.30. The highest BCUT2D eigenvalue weighted by atomic mass is 19.2. The molecule has 0 aliphatic rings. The molecule has 5 rings (SSSR count). The molecule has 11 heteroatoms. The van der Waals surface area contributed by atoms with E-state index < -0.39 is 46.4 Å². The SMILES string of the molecule is O=C(NCc1ccco1)c1ccc(Oc2c(F)c(F)c(-c3ccc(C(=O)NCc4ccco4)cc3)c(F)c2F)cc1. The first-order chi connectivity index (χ1) is 19.8. The van der Waals surface area contributed by atoms with E-state index in [2.05, 4.69) is 10.6 Å². The van der Waals surface area contributed by atoms with Gasteiger partial charge >= 0.3 is 0 Å². The maximum atomic E-state index is 15.0. The fourth-order valence-electron chi connectivity index (χ4n) is 3.90. The van der Waals surface area contributed by atoms with Crippen LogP contribution in [0.4, 0.5) is 17.6 Å². The molecule has 0 radical (unpaired) electrons. The van der Waals surface area contributed by atoms with Crippen molar-refractivity contribution in [2.45, 2.75) is 13.1 Å². The maximum absolute atomic E-state index is 15.0. The second kappa shape index (κ2) is 11.8. The molecule has 0 saturated heterocycles. The highest BCUT2D eigenvalue weighted by molar-refractivity contribution is 5.95. The van der Waals surface area contributed by atoms with Crippen molar-refractivity contribution in [3.8, 4) is 22.6 Å². The first kappa shape index (κ1) is 27.3. The fourth-order valence-corrected chi connectivity index (χ4v) is 3.90. The van der Waals surface area contributed by atoms with Gasteiger partial charge in [0.05, 0.1) is 31.2 Å². The Bertz CT molecular complexity index is 1640. The van der Waals surface area contributed by atoms with Gasteiger partial charge in [0.2, 0.25) is 17.4 Å². The quantitative estimate of drug-likeness (QED) is 0.153. The van der Waals surface area contributed by atoms with Crippen molar-refractivity contribution >= 4 is 11.8 Å². The lowest BCUT2D eigenvalue weighted by Gasteiger charge is -2.14. The second-order valence-corrected chi connectivity index (χ2v) is 8.69. The van der Waals surface area contributed by atoms with E-state index in [4.69, 9.17) is 13.6 Å². The Morgan fingerprint density at radius 3 is 1.54 bits per heavy atom. The summed E-state index contributed by atoms with van der Waals surface area (Å²) in [5.41, 5.74) is -0.800. The van der Waals surface area contributed by atoms with Crippen LogP contribution >= 0.6 is 0 Å². The van der Waals surface area contributed by atoms with Gasteiger partial charge in [0.15, 0.2) is 11.6 Å². The van der Waals surface area contributed by atoms with Gasteiger partial charge in [-0.3, -0.25) is 9.59 Å². The molecular weight excluding hydrogens is 544 g/mol. The predicted octanol–water partition coefficient (Wildman–Crippen LogP) is 6.75. The van der Waals surface area contributed by atoms with Gasteiger partial charge in [0, 0.05) is 11.1 Å². The Morgan fingerprint density at radius 2 is 1.10 bits per heavy atom. The molecule has 0 aliphatic heterocycles. The van der Waals surface area contributed by atoms with Gasteiger partial charge in [0.1, 0.15) is 17.3 Å². The number of halogens is 4. The third kappa shape index (κ3) is 5.98. The van der Waals surface area contributed by atoms with Crippen molar-refractivity contribution in [2.75, 3.05) is 0 Å². The number of hydrogen-bond acceptors (Lipinski definition) is 5. The van der Waals surface area contributed by atoms with Gasteiger partial charge in [-0.25, -0.2) is 8.78 Å². The van der Waals surface area contributed by atoms with E-state index in [-0.39, 0.29) is 35.5 Å². The van der Waals surface area contributed by atoms with E-state index in [9.17, 15) is 27.2 Å². The molecule has 2 heterocycles. The van der Waals surface area contributed by atoms with E-state index in [1.54, 1.807) is 24.3 Å². The second-order valence-electron chi connectivity index (χ2n) is 8.69. The summed E-state index contributed by atoms with van der Waals surface area (Å²) in [5.74, 6) is -8.18. The predicted molar refractivity (Wildman–Crippen MR) is 138 cm³/mol. The number of carbonyl (C=O) groups is 2. The van der Waals surface area contributed by atoms with Crippen molar-refractivity contribution in [3.05, 3.63) is 131 Å². The Kier molecular flexibility index (Phi) is 7.86. The van der Waals surface area contributed by atoms with Crippen LogP contribution in [0.3, 0.4) is 0 Å². The van der Waals surface area contributed by atoms with E-state index in [1.807, 2.05) is 0 Å². The number of rotatable bonds is 9. The first-order valence-corrected chi connectivity index (χ1v) is 12.2. The van der Waals surface area contributed by atoms with Crippen LogP contribution in [0, 0.1) is 23.3 Å². The molecular formula is C30H20F4N2O5. The van der Waals surface area contributed by atoms with Gasteiger partial charge in [-0.15, -0.1) is 0 Å². The highest BCUT2D eigenvalue weighted by Gasteiger charge is 2.28. The Labute approximate surface area is 230 Å². The van der Waals surface area contributed by atoms with Gasteiger partial charge < -0.3 is 24.2 Å². The molecule has 2 aromatic heterocycles. The van der Waals surface area contributed by atoms with Crippen LogP contribution in [0.1, 0.15) is 32.2 Å². The molecule has 3 aromatic carbocycles. The van der Waals surface area contributed by atoms with Gasteiger partial charge in [-0.05, 0) is 66.2 Å². The van der Waals surface area contributed by atoms with Crippen LogP contribution in [0.5, 0.6) is 11.5 Å². The lowest BCUT2D eigenvalue weighted by Crippen LogP contribution is -2.22. The Hall–Kier alpha value is -5.32. The average Bonchev–Trinajstić information content (AvgIpc) is 3.71. The number of nitrogens with one attached hydrogen (secondary N) is 2. The minimum absolute atomic E-state index is 0.121. The minimum Gasteiger partial charge on any atom is -0.467 e. The summed E-state index contributed by atoms with van der Waals surface area (Å²) < 4.78 is 75.2. The van der Waals surface area contributed by atoms with Crippen LogP contribution in [0.15, 0.2) is 94.2 Å². The zero-order valence-corrected chi connectivity index (χ0v) is 21.1. The van der Waals surface area contributed by atoms with E-state index in [1.165, 1.54) is 61.1 Å². The number of furan rings is 2. The van der Waals surface area contributed by atoms with E-state index in [0.717, 1.165) is 0 Å². The highest BCUT2D eigenvalue weighted by Crippen LogP contribution is 2.38. The molecule has 7 nitrogen and oxygen atoms in total. The molecule has 0 spiro atoms. The molecule has 2 N–H and O–H groups in total. The average molecular weight is 564 g/mol. The number of benzene rings is 3. The molecule has 0 unspecified atom stereocenters. The molecule has 41 heavy (non-hydrogen) atoms. The molecule has 0 aliphatic carbocycles. The monoisotopic (exact) mass is 564 g/mol. The lowest BCUT2D eigenvalue weighted by molar-refractivity contribution is 0.0940. The molecule has 208 valence electrons. The first-order valence-electron chi connectivity index (χ1n) is 12.2. The molecule has 0 saturated carbocycles. The number of carbonyl (C=O) groups excluding carboxylic acids is 2. The molecule has 0 bridgehead atoms. The van der Waals surface area contributed by atoms with Crippen LogP contribution in [0.2, 0.25) is 0 Å². The summed E-state index contributed by atoms with van der Waals surface area (Å²) >= 11 is 0. The number of ether oxygens (including phenoxy) is 1. The minimum atomic E-state index is -1.75. The topological polar surface area (TPSA) is 93.7 Å². The van der Waals surface area contributed by atoms with Gasteiger partial charge in [-0.2, -0.15) is 8.78 Å². The van der Waals surface area contributed by atoms with Crippen molar-refractivity contribution in [3.63, 3.8) is 0 Å². The molecule has 0 fully saturated rings. The van der Waals surface area contributed by atoms with E-state index in [0.29, 0.717) is 11.5 Å². The smallest absolute Gasteiger partial charge is 0.251 e. The van der Waals surface area contributed by atoms with Crippen LogP contribution < -0.4 is 15.4 Å². The van der Waals surface area contributed by atoms with Crippen molar-refractivity contribution in [2.24, 2.45) is 0 Å². The number of hydrogen-bond donors (Lipinski definition) is 2. The zero-order valence-electron chi connectivity index (χ0n) is 21.1. The fraction of sp³-hybridized carbons (Fsp3) is 0.0667. The van der Waals surface area contributed by atoms with E-state index >= 15 is 0 Å². The van der Waals surface area contributed by atoms with Crippen molar-refractivity contribution < 1.29 is 40.7 Å². The summed E-state index contributed by atoms with van der Waals surface area (Å²) in [6, 6.07) is 16.6. The summed E-state index contributed by atoms with van der Waals surface area (Å²) in [5, 5.41) is 5.24. The summed E-state index contributed by atoms with van der Waals surface area (Å²) in [6.07, 6.45) is 2.92. The molecule has 5 aromatic rings. The van der Waals surface area contributed by atoms with Crippen LogP contribution in [-0.4, -0.2) is 11.8 Å². The molecule has 2 amide bonds. The largest absolute Gasteiger partial charge is 0.467 e. The summed E-state index contributed by atoms with van der Waals surface area (Å²) in [6.45, 7) is 0.267. The van der Waals surface area contributed by atoms with Crippen LogP contribution in [0.25, 0.3) is 11.1 Å². The van der Waals surface area contributed by atoms with Gasteiger partial charge in [0.25, 0.3) is 11.8 Å². The van der Waals surface area contributed by atoms with Crippen molar-refractivity contribution in [1.82, 2.24) is 10.6 Å². The molecule has 0 atom stereocenters. The Morgan fingerprint density at radius 1 is 0.634 bits per heavy atom. The standard InChI is InChI=1S/C30H20F4N2O5/c31-24-23(17-5-7-18(8-6-17)29(37)35-15-21-3-1-13-39-21)25(32)27(34)28(26(24)33)41-20-11-9-19(10-12-20)30(38)36-16-22-4-2-14-40-22/h1-14H,15-16H2,(H,35,37)(H,36,38). The maximum Gasteiger partial charge on any atom is 0.251 e. The van der Waals surface area contributed by atoms with Crippen molar-refractivity contribution in [1.29, 1.82) is 0 Å². The summed E-state index contributed by atoms with van der Waals surface area (Å²) in [4.78, 5) is 24.6. The third-order valence-electron chi connectivity index (χ3n) is 6.00. The van der Waals surface area contributed by atoms with Gasteiger partial charge in [-0.1, -0.05) is 12.1 Å².